The van der Waals surface area contributed by atoms with Crippen LogP contribution in [0.2, 0.25) is 0 Å². The lowest BCUT2D eigenvalue weighted by Crippen LogP contribution is -2.33. The summed E-state index contributed by atoms with van der Waals surface area (Å²) in [6.45, 7) is 2.10. The third-order valence-corrected chi connectivity index (χ3v) is 5.00. The second-order valence-corrected chi connectivity index (χ2v) is 6.40. The molecule has 0 unspecified atom stereocenters. The van der Waals surface area contributed by atoms with E-state index in [0.29, 0.717) is 16.5 Å². The molecule has 1 N–H and O–H groups in total. The summed E-state index contributed by atoms with van der Waals surface area (Å²) in [5, 5.41) is 3.43. The van der Waals surface area contributed by atoms with Crippen LogP contribution < -0.4 is 10.9 Å². The van der Waals surface area contributed by atoms with Crippen molar-refractivity contribution in [2.24, 2.45) is 7.05 Å². The first-order valence-corrected chi connectivity index (χ1v) is 8.81. The number of aryl methyl sites for hydroxylation is 1. The van der Waals surface area contributed by atoms with Crippen molar-refractivity contribution < 1.29 is 4.79 Å². The number of hydrogen-bond acceptors (Lipinski definition) is 4. The Balaban J connectivity index is 2.16. The summed E-state index contributed by atoms with van der Waals surface area (Å²) in [7, 11) is 1.82. The van der Waals surface area contributed by atoms with Crippen molar-refractivity contribution in [3.05, 3.63) is 51.3 Å². The van der Waals surface area contributed by atoms with Crippen LogP contribution in [0.25, 0.3) is 0 Å². The average molecular weight is 329 g/mol. The van der Waals surface area contributed by atoms with Crippen LogP contribution in [0.15, 0.2) is 34.2 Å². The molecular formula is C17H19N3O2S. The molecule has 5 nitrogen and oxygen atoms in total. The molecule has 120 valence electrons. The summed E-state index contributed by atoms with van der Waals surface area (Å²) in [4.78, 5) is 28.8. The molecular weight excluding hydrogens is 310 g/mol. The minimum Gasteiger partial charge on any atom is -0.312 e. The van der Waals surface area contributed by atoms with Crippen molar-refractivity contribution in [3.63, 3.8) is 0 Å². The van der Waals surface area contributed by atoms with Crippen LogP contribution in [0.5, 0.6) is 0 Å². The predicted molar refractivity (Wildman–Crippen MR) is 92.2 cm³/mol. The third-order valence-electron chi connectivity index (χ3n) is 4.27. The zero-order valence-corrected chi connectivity index (χ0v) is 14.2. The number of amides is 1. The fourth-order valence-electron chi connectivity index (χ4n) is 2.99. The minimum absolute atomic E-state index is 0.0738. The van der Waals surface area contributed by atoms with Crippen LogP contribution in [0.3, 0.4) is 0 Å². The monoisotopic (exact) mass is 329 g/mol. The van der Waals surface area contributed by atoms with Gasteiger partial charge in [-0.2, -0.15) is 4.98 Å². The van der Waals surface area contributed by atoms with Crippen molar-refractivity contribution in [1.82, 2.24) is 9.55 Å². The topological polar surface area (TPSA) is 64.0 Å². The number of aromatic nitrogens is 2. The van der Waals surface area contributed by atoms with E-state index in [1.807, 2.05) is 25.4 Å². The molecule has 0 radical (unpaired) electrons. The van der Waals surface area contributed by atoms with E-state index in [9.17, 15) is 9.59 Å². The first-order chi connectivity index (χ1) is 11.0. The zero-order valence-electron chi connectivity index (χ0n) is 13.4. The fraction of sp³-hybridized carbons (Fsp3) is 0.353. The van der Waals surface area contributed by atoms with Gasteiger partial charge in [-0.25, -0.2) is 0 Å². The molecule has 0 aliphatic carbocycles. The van der Waals surface area contributed by atoms with Gasteiger partial charge in [-0.3, -0.25) is 9.59 Å². The molecule has 1 atom stereocenters. The molecule has 23 heavy (non-hydrogen) atoms. The van der Waals surface area contributed by atoms with Gasteiger partial charge in [0.15, 0.2) is 5.16 Å². The van der Waals surface area contributed by atoms with E-state index in [4.69, 9.17) is 0 Å². The molecule has 3 rings (SSSR count). The quantitative estimate of drug-likeness (QED) is 0.694. The molecule has 0 saturated heterocycles. The highest BCUT2D eigenvalue weighted by molar-refractivity contribution is 7.98. The van der Waals surface area contributed by atoms with E-state index in [0.717, 1.165) is 12.0 Å². The third kappa shape index (κ3) is 2.79. The Labute approximate surface area is 139 Å². The maximum absolute atomic E-state index is 12.5. The normalized spacial score (nSPS) is 16.8. The van der Waals surface area contributed by atoms with Gasteiger partial charge in [0.25, 0.3) is 5.56 Å². The van der Waals surface area contributed by atoms with Gasteiger partial charge in [-0.05, 0) is 23.8 Å². The van der Waals surface area contributed by atoms with Crippen LogP contribution in [-0.4, -0.2) is 21.7 Å². The number of nitrogens with one attached hydrogen (secondary N) is 1. The van der Waals surface area contributed by atoms with Crippen LogP contribution in [-0.2, 0) is 18.3 Å². The summed E-state index contributed by atoms with van der Waals surface area (Å²) < 4.78 is 1.78. The number of carbonyl (C=O) groups excluding carboxylic acids is 1. The van der Waals surface area contributed by atoms with Gasteiger partial charge in [-0.1, -0.05) is 43.0 Å². The first-order valence-electron chi connectivity index (χ1n) is 7.58. The van der Waals surface area contributed by atoms with Crippen molar-refractivity contribution in [1.29, 1.82) is 0 Å². The summed E-state index contributed by atoms with van der Waals surface area (Å²) in [5.41, 5.74) is 2.54. The Morgan fingerprint density at radius 2 is 2.00 bits per heavy atom. The molecule has 0 bridgehead atoms. The molecule has 0 fully saturated rings. The van der Waals surface area contributed by atoms with Gasteiger partial charge in [0.1, 0.15) is 5.82 Å². The summed E-state index contributed by atoms with van der Waals surface area (Å²) in [5.74, 6) is 0.247. The second kappa shape index (κ2) is 6.20. The maximum atomic E-state index is 12.5. The highest BCUT2D eigenvalue weighted by Crippen LogP contribution is 2.35. The number of nitrogens with zero attached hydrogens (tertiary/aromatic N) is 2. The zero-order chi connectivity index (χ0) is 16.6. The standard InChI is InChI=1S/C17H19N3O2S/c1-4-10-5-7-11(8-6-10)12-9-13(21)18-15-14(12)16(22)19-17(23-3)20(15)2/h5-8,12H,4,9H2,1-3H3,(H,18,21)/t12-/m0/s1. The van der Waals surface area contributed by atoms with E-state index in [1.54, 1.807) is 4.57 Å². The second-order valence-electron chi connectivity index (χ2n) is 5.62. The Kier molecular flexibility index (Phi) is 4.26. The molecule has 1 aliphatic rings. The van der Waals surface area contributed by atoms with Crippen LogP contribution in [0.1, 0.15) is 36.0 Å². The first kappa shape index (κ1) is 15.8. The number of anilines is 1. The highest BCUT2D eigenvalue weighted by atomic mass is 32.2. The number of fused-ring (bicyclic) bond motifs is 1. The SMILES string of the molecule is CCc1ccc([C@@H]2CC(=O)Nc3c2c(=O)nc(SC)n3C)cc1. The van der Waals surface area contributed by atoms with Gasteiger partial charge < -0.3 is 9.88 Å². The Hall–Kier alpha value is -2.08. The van der Waals surface area contributed by atoms with E-state index in [1.165, 1.54) is 17.3 Å². The lowest BCUT2D eigenvalue weighted by molar-refractivity contribution is -0.116. The molecule has 2 aromatic rings. The van der Waals surface area contributed by atoms with Crippen molar-refractivity contribution >= 4 is 23.5 Å². The molecule has 1 aromatic carbocycles. The maximum Gasteiger partial charge on any atom is 0.279 e. The molecule has 1 aliphatic heterocycles. The average Bonchev–Trinajstić information content (AvgIpc) is 2.57. The molecule has 1 amide bonds. The van der Waals surface area contributed by atoms with Gasteiger partial charge in [-0.15, -0.1) is 0 Å². The number of rotatable bonds is 3. The Morgan fingerprint density at radius 1 is 1.30 bits per heavy atom. The van der Waals surface area contributed by atoms with Gasteiger partial charge in [0.2, 0.25) is 5.91 Å². The fourth-order valence-corrected chi connectivity index (χ4v) is 3.53. The van der Waals surface area contributed by atoms with Gasteiger partial charge in [0.05, 0.1) is 5.56 Å². The molecule has 0 spiro atoms. The number of carbonyl (C=O) groups is 1. The molecule has 6 heteroatoms. The molecule has 1 aromatic heterocycles. The summed E-state index contributed by atoms with van der Waals surface area (Å²) in [6, 6.07) is 8.12. The van der Waals surface area contributed by atoms with Crippen molar-refractivity contribution in [3.8, 4) is 0 Å². The smallest absolute Gasteiger partial charge is 0.279 e. The van der Waals surface area contributed by atoms with Crippen molar-refractivity contribution in [2.45, 2.75) is 30.8 Å². The summed E-state index contributed by atoms with van der Waals surface area (Å²) in [6.07, 6.45) is 3.09. The number of thioether (sulfide) groups is 1. The number of hydrogen-bond donors (Lipinski definition) is 1. The van der Waals surface area contributed by atoms with Gasteiger partial charge >= 0.3 is 0 Å². The van der Waals surface area contributed by atoms with Gasteiger partial charge in [0, 0.05) is 19.4 Å². The van der Waals surface area contributed by atoms with E-state index >= 15 is 0 Å². The summed E-state index contributed by atoms with van der Waals surface area (Å²) >= 11 is 1.39. The van der Waals surface area contributed by atoms with E-state index < -0.39 is 0 Å². The van der Waals surface area contributed by atoms with Crippen molar-refractivity contribution in [2.75, 3.05) is 11.6 Å². The molecule has 0 saturated carbocycles. The molecule has 2 heterocycles. The Morgan fingerprint density at radius 3 is 2.61 bits per heavy atom. The van der Waals surface area contributed by atoms with Crippen LogP contribution in [0, 0.1) is 0 Å². The van der Waals surface area contributed by atoms with E-state index in [-0.39, 0.29) is 23.8 Å². The Bertz CT molecular complexity index is 812. The lowest BCUT2D eigenvalue weighted by Gasteiger charge is -2.27. The van der Waals surface area contributed by atoms with E-state index in [2.05, 4.69) is 29.4 Å². The number of benzene rings is 1. The predicted octanol–water partition coefficient (Wildman–Crippen LogP) is 2.54. The van der Waals surface area contributed by atoms with Crippen LogP contribution in [0.4, 0.5) is 5.82 Å². The minimum atomic E-state index is -0.257. The lowest BCUT2D eigenvalue weighted by atomic mass is 9.86. The largest absolute Gasteiger partial charge is 0.312 e. The van der Waals surface area contributed by atoms with Crippen LogP contribution >= 0.6 is 11.8 Å². The highest BCUT2D eigenvalue weighted by Gasteiger charge is 2.31.